The van der Waals surface area contributed by atoms with Gasteiger partial charge in [0, 0.05) is 17.3 Å². The van der Waals surface area contributed by atoms with Crippen LogP contribution in [0.25, 0.3) is 0 Å². The van der Waals surface area contributed by atoms with Gasteiger partial charge in [-0.05, 0) is 49.9 Å². The van der Waals surface area contributed by atoms with Gasteiger partial charge in [-0.2, -0.15) is 0 Å². The Morgan fingerprint density at radius 3 is 2.02 bits per heavy atom. The Balaban J connectivity index is 1.59. The second-order valence-electron chi connectivity index (χ2n) is 11.0. The van der Waals surface area contributed by atoms with Gasteiger partial charge in [-0.15, -0.1) is 0 Å². The number of hydrogen-bond acceptors (Lipinski definition) is 7. The third-order valence-electron chi connectivity index (χ3n) is 6.64. The Kier molecular flexibility index (Phi) is 14.5. The zero-order chi connectivity index (χ0) is 30.9. The van der Waals surface area contributed by atoms with Gasteiger partial charge in [0.2, 0.25) is 11.8 Å². The molecule has 0 fully saturated rings. The quantitative estimate of drug-likeness (QED) is 0.0704. The van der Waals surface area contributed by atoms with Crippen LogP contribution in [-0.2, 0) is 26.0 Å². The van der Waals surface area contributed by atoms with E-state index in [-0.39, 0.29) is 42.7 Å². The molecule has 3 atom stereocenters. The molecule has 4 N–H and O–H groups in total. The maximum Gasteiger partial charge on any atom is 0.246 e. The number of nitrogens with one attached hydrogen (secondary N) is 4. The van der Waals surface area contributed by atoms with Crippen molar-refractivity contribution < 1.29 is 24.2 Å². The van der Waals surface area contributed by atoms with E-state index in [1.165, 1.54) is 0 Å². The lowest BCUT2D eigenvalue weighted by atomic mass is 10.0. The van der Waals surface area contributed by atoms with Gasteiger partial charge in [0.05, 0.1) is 19.2 Å². The van der Waals surface area contributed by atoms with Crippen LogP contribution in [-0.4, -0.2) is 55.4 Å². The first-order chi connectivity index (χ1) is 20.8. The Hall–Kier alpha value is -3.89. The highest BCUT2D eigenvalue weighted by molar-refractivity contribution is 5.98. The van der Waals surface area contributed by atoms with E-state index in [1.54, 1.807) is 24.3 Å². The van der Waals surface area contributed by atoms with Crippen molar-refractivity contribution in [2.24, 2.45) is 5.92 Å². The summed E-state index contributed by atoms with van der Waals surface area (Å²) >= 11 is 0. The highest BCUT2D eigenvalue weighted by Gasteiger charge is 2.27. The molecule has 0 saturated heterocycles. The molecule has 2 amide bonds. The fourth-order valence-corrected chi connectivity index (χ4v) is 4.42. The highest BCUT2D eigenvalue weighted by Crippen LogP contribution is 2.11. The molecule has 230 valence electrons. The summed E-state index contributed by atoms with van der Waals surface area (Å²) in [6, 6.07) is 26.3. The minimum Gasteiger partial charge on any atom is -0.343 e. The van der Waals surface area contributed by atoms with Crippen LogP contribution < -0.4 is 21.3 Å². The van der Waals surface area contributed by atoms with Crippen LogP contribution >= 0.6 is 0 Å². The molecule has 9 heteroatoms. The second-order valence-corrected chi connectivity index (χ2v) is 11.0. The van der Waals surface area contributed by atoms with Crippen LogP contribution in [0.2, 0.25) is 0 Å². The van der Waals surface area contributed by atoms with Crippen molar-refractivity contribution in [3.63, 3.8) is 0 Å². The number of hydrogen-bond donors (Lipinski definition) is 4. The third kappa shape index (κ3) is 12.9. The first kappa shape index (κ1) is 33.6. The molecule has 43 heavy (non-hydrogen) atoms. The van der Waals surface area contributed by atoms with Gasteiger partial charge in [-0.1, -0.05) is 92.7 Å². The lowest BCUT2D eigenvalue weighted by Gasteiger charge is -2.26. The number of ketones is 1. The van der Waals surface area contributed by atoms with Crippen LogP contribution in [0, 0.1) is 5.92 Å². The fourth-order valence-electron chi connectivity index (χ4n) is 4.42. The molecule has 0 radical (unpaired) electrons. The van der Waals surface area contributed by atoms with E-state index in [9.17, 15) is 14.4 Å². The van der Waals surface area contributed by atoms with Crippen LogP contribution in [0.3, 0.4) is 0 Å². The molecule has 9 nitrogen and oxygen atoms in total. The number of amides is 2. The van der Waals surface area contributed by atoms with Gasteiger partial charge in [-0.3, -0.25) is 14.4 Å². The lowest BCUT2D eigenvalue weighted by Crippen LogP contribution is -2.54. The van der Waals surface area contributed by atoms with E-state index in [0.29, 0.717) is 37.2 Å². The van der Waals surface area contributed by atoms with Crippen molar-refractivity contribution >= 4 is 23.3 Å². The molecule has 0 saturated carbocycles. The van der Waals surface area contributed by atoms with Crippen molar-refractivity contribution in [1.29, 1.82) is 0 Å². The predicted octanol–water partition coefficient (Wildman–Crippen LogP) is 4.51. The summed E-state index contributed by atoms with van der Waals surface area (Å²) in [5.74, 6) is -0.425. The molecule has 0 aromatic heterocycles. The Bertz CT molecular complexity index is 1240. The van der Waals surface area contributed by atoms with Crippen molar-refractivity contribution in [1.82, 2.24) is 16.0 Å². The number of carbonyl (C=O) groups is 3. The number of rotatable bonds is 19. The van der Waals surface area contributed by atoms with E-state index in [1.807, 2.05) is 87.5 Å². The first-order valence-electron chi connectivity index (χ1n) is 14.8. The predicted molar refractivity (Wildman–Crippen MR) is 168 cm³/mol. The molecule has 0 aliphatic rings. The Labute approximate surface area is 254 Å². The van der Waals surface area contributed by atoms with Crippen LogP contribution in [0.1, 0.15) is 49.5 Å². The summed E-state index contributed by atoms with van der Waals surface area (Å²) < 4.78 is 0. The topological polar surface area (TPSA) is 118 Å². The fraction of sp³-hybridized carbons (Fsp3) is 0.382. The van der Waals surface area contributed by atoms with E-state index < -0.39 is 12.1 Å². The van der Waals surface area contributed by atoms with Gasteiger partial charge in [-0.25, -0.2) is 9.78 Å². The number of anilines is 1. The van der Waals surface area contributed by atoms with Gasteiger partial charge >= 0.3 is 0 Å². The largest absolute Gasteiger partial charge is 0.343 e. The Morgan fingerprint density at radius 2 is 1.37 bits per heavy atom. The minimum atomic E-state index is -0.717. The Morgan fingerprint density at radius 1 is 0.744 bits per heavy atom. The van der Waals surface area contributed by atoms with Crippen LogP contribution in [0.4, 0.5) is 5.69 Å². The maximum absolute atomic E-state index is 13.6. The third-order valence-corrected chi connectivity index (χ3v) is 6.64. The molecular weight excluding hydrogens is 544 g/mol. The average Bonchev–Trinajstić information content (AvgIpc) is 3.01. The van der Waals surface area contributed by atoms with Crippen molar-refractivity contribution in [2.45, 2.75) is 58.3 Å². The summed E-state index contributed by atoms with van der Waals surface area (Å²) in [4.78, 5) is 50.0. The molecule has 0 aliphatic carbocycles. The molecular formula is C34H44N4O5. The van der Waals surface area contributed by atoms with Gasteiger partial charge in [0.25, 0.3) is 0 Å². The highest BCUT2D eigenvalue weighted by atomic mass is 17.2. The number of para-hydroxylation sites is 1. The molecule has 1 unspecified atom stereocenters. The van der Waals surface area contributed by atoms with Crippen molar-refractivity contribution in [3.05, 3.63) is 102 Å². The molecule has 0 heterocycles. The number of carbonyl (C=O) groups excluding carboxylic acids is 3. The summed E-state index contributed by atoms with van der Waals surface area (Å²) in [6.45, 7) is 6.99. The molecule has 3 aromatic carbocycles. The van der Waals surface area contributed by atoms with E-state index in [4.69, 9.17) is 9.78 Å². The van der Waals surface area contributed by atoms with Gasteiger partial charge < -0.3 is 21.3 Å². The molecule has 3 rings (SSSR count). The smallest absolute Gasteiger partial charge is 0.246 e. The van der Waals surface area contributed by atoms with Crippen molar-refractivity contribution in [2.75, 3.05) is 25.0 Å². The zero-order valence-corrected chi connectivity index (χ0v) is 25.3. The van der Waals surface area contributed by atoms with Gasteiger partial charge in [0.15, 0.2) is 5.78 Å². The minimum absolute atomic E-state index is 0.0264. The summed E-state index contributed by atoms with van der Waals surface area (Å²) in [5, 5.41) is 12.3. The maximum atomic E-state index is 13.6. The monoisotopic (exact) mass is 588 g/mol. The van der Waals surface area contributed by atoms with Gasteiger partial charge in [0.1, 0.15) is 12.6 Å². The average molecular weight is 589 g/mol. The summed E-state index contributed by atoms with van der Waals surface area (Å²) in [7, 11) is 0. The SMILES string of the molecule is CC(C)C[C@H](NC(=O)[C@H](CCNCC(=O)c1ccccc1)NC(C)COOCc1ccccc1)C(=O)Nc1ccccc1. The standard InChI is InChI=1S/C34H44N4O5/c1-25(2)21-31(34(41)37-29-17-11-6-12-18-29)38-33(40)30(19-20-35-22-32(39)28-15-9-5-10-16-28)36-26(3)23-42-43-24-27-13-7-4-8-14-27/h4-18,25-26,30-31,35-36H,19-24H2,1-3H3,(H,37,41)(H,38,40)/t26?,30-,31-/m0/s1. The first-order valence-corrected chi connectivity index (χ1v) is 14.8. The normalized spacial score (nSPS) is 13.2. The molecule has 3 aromatic rings. The van der Waals surface area contributed by atoms with E-state index in [0.717, 1.165) is 5.56 Å². The van der Waals surface area contributed by atoms with Crippen LogP contribution in [0.15, 0.2) is 91.0 Å². The number of Topliss-reactive ketones (excluding diaryl/α,β-unsaturated/α-hetero) is 1. The molecule has 0 spiro atoms. The van der Waals surface area contributed by atoms with Crippen LogP contribution in [0.5, 0.6) is 0 Å². The second kappa shape index (κ2) is 18.6. The summed E-state index contributed by atoms with van der Waals surface area (Å²) in [5.41, 5.74) is 2.28. The zero-order valence-electron chi connectivity index (χ0n) is 25.3. The summed E-state index contributed by atoms with van der Waals surface area (Å²) in [6.07, 6.45) is 0.866. The molecule has 0 bridgehead atoms. The van der Waals surface area contributed by atoms with E-state index >= 15 is 0 Å². The lowest BCUT2D eigenvalue weighted by molar-refractivity contribution is -0.306. The molecule has 0 aliphatic heterocycles. The van der Waals surface area contributed by atoms with E-state index in [2.05, 4.69) is 21.3 Å². The van der Waals surface area contributed by atoms with Crippen molar-refractivity contribution in [3.8, 4) is 0 Å². The number of benzene rings is 3.